The second-order valence-corrected chi connectivity index (χ2v) is 9.51. The van der Waals surface area contributed by atoms with E-state index in [0.717, 1.165) is 21.8 Å². The van der Waals surface area contributed by atoms with E-state index in [4.69, 9.17) is 5.11 Å². The van der Waals surface area contributed by atoms with Gasteiger partial charge in [-0.2, -0.15) is 4.31 Å². The van der Waals surface area contributed by atoms with Gasteiger partial charge in [-0.3, -0.25) is 5.32 Å². The molecular formula is C19H21N5O4S2. The van der Waals surface area contributed by atoms with Gasteiger partial charge in [0.15, 0.2) is 5.13 Å². The van der Waals surface area contributed by atoms with Gasteiger partial charge >= 0.3 is 6.09 Å². The van der Waals surface area contributed by atoms with Crippen molar-refractivity contribution in [1.82, 2.24) is 14.3 Å². The Kier molecular flexibility index (Phi) is 6.40. The Balaban J connectivity index is 1.81. The molecule has 1 aliphatic rings. The molecule has 30 heavy (non-hydrogen) atoms. The predicted molar refractivity (Wildman–Crippen MR) is 116 cm³/mol. The Bertz CT molecular complexity index is 1120. The number of pyridine rings is 1. The van der Waals surface area contributed by atoms with Gasteiger partial charge in [0, 0.05) is 32.0 Å². The zero-order valence-corrected chi connectivity index (χ0v) is 18.1. The van der Waals surface area contributed by atoms with Gasteiger partial charge in [0.05, 0.1) is 4.88 Å². The first-order valence-electron chi connectivity index (χ1n) is 8.99. The van der Waals surface area contributed by atoms with Gasteiger partial charge in [-0.15, -0.1) is 5.92 Å². The van der Waals surface area contributed by atoms with Crippen molar-refractivity contribution in [1.29, 1.82) is 0 Å². The highest BCUT2D eigenvalue weighted by Gasteiger charge is 2.35. The number of thiazole rings is 1. The number of amides is 1. The van der Waals surface area contributed by atoms with Crippen molar-refractivity contribution in [2.45, 2.75) is 24.8 Å². The molecule has 1 aliphatic heterocycles. The van der Waals surface area contributed by atoms with Gasteiger partial charge in [-0.25, -0.2) is 23.2 Å². The van der Waals surface area contributed by atoms with E-state index in [1.54, 1.807) is 13.1 Å². The number of rotatable bonds is 5. The van der Waals surface area contributed by atoms with Gasteiger partial charge in [0.25, 0.3) is 0 Å². The average molecular weight is 448 g/mol. The van der Waals surface area contributed by atoms with Gasteiger partial charge in [-0.05, 0) is 31.6 Å². The number of carboxylic acid groups (broad SMARTS) is 1. The second-order valence-electron chi connectivity index (χ2n) is 6.56. The maximum Gasteiger partial charge on any atom is 0.410 e. The maximum atomic E-state index is 13.1. The van der Waals surface area contributed by atoms with Crippen molar-refractivity contribution >= 4 is 44.0 Å². The van der Waals surface area contributed by atoms with Crippen molar-refractivity contribution in [2.75, 3.05) is 29.9 Å². The van der Waals surface area contributed by atoms with Crippen LogP contribution in [0.5, 0.6) is 0 Å². The standard InChI is InChI=1S/C19H21N5O4S2/c1-4-5-14-12-23(8-9-24(14)18-21-11-16(29-18)13(2)3)30(27,28)15-6-7-17(20-10-15)22-19(25)26/h6-7,10-11,14H,2,8-9,12H2,1,3H3,(H,20,22)(H,25,26)/t14-/m0/s1. The van der Waals surface area contributed by atoms with Crippen LogP contribution in [-0.2, 0) is 10.0 Å². The average Bonchev–Trinajstić information content (AvgIpc) is 3.18. The van der Waals surface area contributed by atoms with Crippen LogP contribution in [-0.4, -0.2) is 59.6 Å². The molecule has 11 heteroatoms. The van der Waals surface area contributed by atoms with Crippen molar-refractivity contribution in [3.05, 3.63) is 36.0 Å². The highest BCUT2D eigenvalue weighted by Crippen LogP contribution is 2.30. The van der Waals surface area contributed by atoms with Gasteiger partial charge < -0.3 is 10.0 Å². The molecule has 0 aliphatic carbocycles. The molecule has 2 aromatic heterocycles. The highest BCUT2D eigenvalue weighted by molar-refractivity contribution is 7.89. The molecule has 3 rings (SSSR count). The maximum absolute atomic E-state index is 13.1. The smallest absolute Gasteiger partial charge is 0.410 e. The Morgan fingerprint density at radius 3 is 2.67 bits per heavy atom. The number of aromatic nitrogens is 2. The topological polar surface area (TPSA) is 116 Å². The van der Waals surface area contributed by atoms with E-state index in [9.17, 15) is 13.2 Å². The lowest BCUT2D eigenvalue weighted by Gasteiger charge is -2.38. The summed E-state index contributed by atoms with van der Waals surface area (Å²) in [6, 6.07) is 2.30. The summed E-state index contributed by atoms with van der Waals surface area (Å²) in [4.78, 5) is 22.0. The molecule has 2 N–H and O–H groups in total. The number of piperazine rings is 1. The number of nitrogens with zero attached hydrogens (tertiary/aromatic N) is 4. The van der Waals surface area contributed by atoms with E-state index < -0.39 is 16.1 Å². The lowest BCUT2D eigenvalue weighted by Crippen LogP contribution is -2.54. The number of hydrogen-bond donors (Lipinski definition) is 2. The Morgan fingerprint density at radius 2 is 2.10 bits per heavy atom. The Morgan fingerprint density at radius 1 is 1.33 bits per heavy atom. The Hall–Kier alpha value is -2.94. The number of sulfonamides is 1. The number of hydrogen-bond acceptors (Lipinski definition) is 7. The van der Waals surface area contributed by atoms with Crippen molar-refractivity contribution in [3.63, 3.8) is 0 Å². The number of carbonyl (C=O) groups is 1. The summed E-state index contributed by atoms with van der Waals surface area (Å²) >= 11 is 1.50. The minimum absolute atomic E-state index is 0.00564. The summed E-state index contributed by atoms with van der Waals surface area (Å²) in [5.74, 6) is 6.01. The molecule has 0 radical (unpaired) electrons. The third-order valence-corrected chi connectivity index (χ3v) is 7.47. The minimum atomic E-state index is -3.80. The van der Waals surface area contributed by atoms with Crippen LogP contribution in [0.4, 0.5) is 15.7 Å². The summed E-state index contributed by atoms with van der Waals surface area (Å²) in [6.07, 6.45) is 1.64. The first kappa shape index (κ1) is 21.8. The second kappa shape index (κ2) is 8.83. The molecule has 1 saturated heterocycles. The van der Waals surface area contributed by atoms with Crippen LogP contribution < -0.4 is 10.2 Å². The molecule has 0 saturated carbocycles. The lowest BCUT2D eigenvalue weighted by molar-refractivity contribution is 0.209. The van der Waals surface area contributed by atoms with Crippen LogP contribution in [0.25, 0.3) is 5.57 Å². The SMILES string of the molecule is C=C(C)c1cnc(N2CCN(S(=O)(=O)c3ccc(NC(=O)O)nc3)C[C@@H]2C#CC)s1. The molecule has 3 heterocycles. The van der Waals surface area contributed by atoms with Crippen LogP contribution >= 0.6 is 11.3 Å². The van der Waals surface area contributed by atoms with E-state index in [1.807, 2.05) is 11.8 Å². The summed E-state index contributed by atoms with van der Waals surface area (Å²) in [6.45, 7) is 8.44. The first-order chi connectivity index (χ1) is 14.2. The number of anilines is 2. The van der Waals surface area contributed by atoms with Crippen LogP contribution in [0, 0.1) is 11.8 Å². The molecule has 0 aromatic carbocycles. The molecule has 1 fully saturated rings. The Labute approximate surface area is 179 Å². The fourth-order valence-corrected chi connectivity index (χ4v) is 5.26. The largest absolute Gasteiger partial charge is 0.465 e. The number of allylic oxidation sites excluding steroid dienone is 1. The lowest BCUT2D eigenvalue weighted by atomic mass is 10.2. The van der Waals surface area contributed by atoms with Crippen molar-refractivity contribution < 1.29 is 18.3 Å². The predicted octanol–water partition coefficient (Wildman–Crippen LogP) is 2.56. The van der Waals surface area contributed by atoms with Crippen molar-refractivity contribution in [2.24, 2.45) is 0 Å². The molecule has 2 aromatic rings. The fourth-order valence-electron chi connectivity index (χ4n) is 2.96. The fraction of sp³-hybridized carbons (Fsp3) is 0.316. The third kappa shape index (κ3) is 4.62. The van der Waals surface area contributed by atoms with Crippen LogP contribution in [0.1, 0.15) is 18.7 Å². The zero-order chi connectivity index (χ0) is 21.9. The van der Waals surface area contributed by atoms with Crippen molar-refractivity contribution in [3.8, 4) is 11.8 Å². The molecule has 1 amide bonds. The summed E-state index contributed by atoms with van der Waals surface area (Å²) < 4.78 is 27.5. The first-order valence-corrected chi connectivity index (χ1v) is 11.2. The van der Waals surface area contributed by atoms with E-state index in [1.165, 1.54) is 27.8 Å². The van der Waals surface area contributed by atoms with Gasteiger partial charge in [-0.1, -0.05) is 23.8 Å². The van der Waals surface area contributed by atoms with E-state index >= 15 is 0 Å². The van der Waals surface area contributed by atoms with Crippen LogP contribution in [0.15, 0.2) is 36.0 Å². The highest BCUT2D eigenvalue weighted by atomic mass is 32.2. The third-order valence-electron chi connectivity index (χ3n) is 4.42. The zero-order valence-electron chi connectivity index (χ0n) is 16.5. The summed E-state index contributed by atoms with van der Waals surface area (Å²) in [5, 5.41) is 11.6. The van der Waals surface area contributed by atoms with E-state index in [2.05, 4.69) is 33.7 Å². The molecule has 1 atom stereocenters. The summed E-state index contributed by atoms with van der Waals surface area (Å²) in [5.41, 5.74) is 0.923. The number of nitrogens with one attached hydrogen (secondary N) is 1. The quantitative estimate of drug-likeness (QED) is 0.677. The van der Waals surface area contributed by atoms with E-state index in [0.29, 0.717) is 6.54 Å². The van der Waals surface area contributed by atoms with E-state index in [-0.39, 0.29) is 29.8 Å². The molecule has 0 spiro atoms. The van der Waals surface area contributed by atoms with Gasteiger partial charge in [0.1, 0.15) is 16.8 Å². The molecule has 0 bridgehead atoms. The normalized spacial score (nSPS) is 17.1. The minimum Gasteiger partial charge on any atom is -0.465 e. The van der Waals surface area contributed by atoms with Crippen LogP contribution in [0.2, 0.25) is 0 Å². The van der Waals surface area contributed by atoms with Crippen LogP contribution in [0.3, 0.4) is 0 Å². The van der Waals surface area contributed by atoms with Gasteiger partial charge in [0.2, 0.25) is 10.0 Å². The molecule has 9 nitrogen and oxygen atoms in total. The monoisotopic (exact) mass is 447 g/mol. The summed E-state index contributed by atoms with van der Waals surface area (Å²) in [7, 11) is -3.80. The molecular weight excluding hydrogens is 426 g/mol. The molecule has 158 valence electrons. The molecule has 0 unspecified atom stereocenters.